The standard InChI is InChI=1S/C25H26N4O3S/c1-17-7-9-19-5-3-4-6-21(19)33-22(17)16-28(2)23(31)10-8-18-13-20-15-29(11-12-30)25(32)27-24(20)26-14-18/h3-6,8,10,12-14H,7,9,11,15-16H2,1-2H3,(H,26,27,32)/b10-8+. The molecule has 2 aromatic rings. The minimum atomic E-state index is -0.342. The van der Waals surface area contributed by atoms with Crippen LogP contribution in [-0.2, 0) is 22.6 Å². The van der Waals surface area contributed by atoms with Crippen molar-refractivity contribution in [3.05, 3.63) is 69.8 Å². The lowest BCUT2D eigenvalue weighted by Gasteiger charge is -2.27. The van der Waals surface area contributed by atoms with Crippen molar-refractivity contribution in [2.75, 3.05) is 25.5 Å². The number of allylic oxidation sites excluding steroid dienone is 1. The minimum absolute atomic E-state index is 0.0202. The van der Waals surface area contributed by atoms with E-state index in [0.29, 0.717) is 25.2 Å². The summed E-state index contributed by atoms with van der Waals surface area (Å²) in [7, 11) is 1.81. The van der Waals surface area contributed by atoms with E-state index in [-0.39, 0.29) is 18.5 Å². The Balaban J connectivity index is 1.42. The lowest BCUT2D eigenvalue weighted by atomic mass is 10.1. The normalized spacial score (nSPS) is 15.6. The monoisotopic (exact) mass is 462 g/mol. The Morgan fingerprint density at radius 1 is 1.27 bits per heavy atom. The third-order valence-corrected chi connectivity index (χ3v) is 7.13. The molecule has 0 fully saturated rings. The maximum atomic E-state index is 12.8. The summed E-state index contributed by atoms with van der Waals surface area (Å²) in [6.45, 7) is 3.03. The van der Waals surface area contributed by atoms with E-state index < -0.39 is 0 Å². The van der Waals surface area contributed by atoms with Crippen molar-refractivity contribution in [1.29, 1.82) is 0 Å². The fourth-order valence-corrected chi connectivity index (χ4v) is 5.04. The molecule has 0 unspecified atom stereocenters. The summed E-state index contributed by atoms with van der Waals surface area (Å²) in [4.78, 5) is 45.4. The molecule has 2 aliphatic rings. The number of anilines is 1. The number of benzene rings is 1. The summed E-state index contributed by atoms with van der Waals surface area (Å²) in [5, 5.41) is 2.68. The van der Waals surface area contributed by atoms with Crippen LogP contribution in [0, 0.1) is 0 Å². The van der Waals surface area contributed by atoms with Crippen LogP contribution in [0.4, 0.5) is 10.6 Å². The van der Waals surface area contributed by atoms with Crippen LogP contribution in [0.2, 0.25) is 0 Å². The summed E-state index contributed by atoms with van der Waals surface area (Å²) >= 11 is 1.75. The Bertz CT molecular complexity index is 1160. The number of nitrogens with zero attached hydrogens (tertiary/aromatic N) is 3. The van der Waals surface area contributed by atoms with E-state index in [4.69, 9.17) is 0 Å². The fourth-order valence-electron chi connectivity index (χ4n) is 3.79. The Morgan fingerprint density at radius 3 is 2.91 bits per heavy atom. The summed E-state index contributed by atoms with van der Waals surface area (Å²) in [6, 6.07) is 9.97. The molecule has 4 rings (SSSR count). The molecule has 170 valence electrons. The van der Waals surface area contributed by atoms with Crippen LogP contribution in [0.25, 0.3) is 6.08 Å². The van der Waals surface area contributed by atoms with Crippen molar-refractivity contribution < 1.29 is 14.4 Å². The van der Waals surface area contributed by atoms with Gasteiger partial charge in [-0.1, -0.05) is 35.5 Å². The smallest absolute Gasteiger partial charge is 0.323 e. The molecule has 1 aromatic carbocycles. The predicted octanol–water partition coefficient (Wildman–Crippen LogP) is 4.11. The summed E-state index contributed by atoms with van der Waals surface area (Å²) in [5.74, 6) is 0.387. The van der Waals surface area contributed by atoms with Gasteiger partial charge in [-0.25, -0.2) is 9.78 Å². The number of carbonyl (C=O) groups excluding carboxylic acids is 3. The topological polar surface area (TPSA) is 82.6 Å². The van der Waals surface area contributed by atoms with Gasteiger partial charge in [0, 0.05) is 34.7 Å². The Hall–Kier alpha value is -3.39. The van der Waals surface area contributed by atoms with Crippen LogP contribution < -0.4 is 5.32 Å². The van der Waals surface area contributed by atoms with Crippen molar-refractivity contribution in [2.24, 2.45) is 0 Å². The van der Waals surface area contributed by atoms with E-state index in [1.165, 1.54) is 25.8 Å². The van der Waals surface area contributed by atoms with E-state index in [9.17, 15) is 14.4 Å². The van der Waals surface area contributed by atoms with Gasteiger partial charge in [0.15, 0.2) is 0 Å². The number of hydrogen-bond acceptors (Lipinski definition) is 5. The number of amides is 3. The third-order valence-electron chi connectivity index (χ3n) is 5.78. The van der Waals surface area contributed by atoms with Gasteiger partial charge >= 0.3 is 6.03 Å². The maximum Gasteiger partial charge on any atom is 0.323 e. The number of pyridine rings is 1. The second-order valence-corrected chi connectivity index (χ2v) is 9.33. The molecule has 1 N–H and O–H groups in total. The molecule has 7 nitrogen and oxygen atoms in total. The fraction of sp³-hybridized carbons (Fsp3) is 0.280. The summed E-state index contributed by atoms with van der Waals surface area (Å²) in [5.41, 5.74) is 4.23. The molecule has 3 amide bonds. The van der Waals surface area contributed by atoms with E-state index >= 15 is 0 Å². The van der Waals surface area contributed by atoms with Crippen molar-refractivity contribution in [1.82, 2.24) is 14.8 Å². The first-order valence-electron chi connectivity index (χ1n) is 10.8. The highest BCUT2D eigenvalue weighted by Crippen LogP contribution is 2.37. The molecule has 0 saturated carbocycles. The van der Waals surface area contributed by atoms with Gasteiger partial charge in [0.05, 0.1) is 19.6 Å². The second kappa shape index (κ2) is 10.0. The number of aryl methyl sites for hydroxylation is 1. The van der Waals surface area contributed by atoms with Crippen LogP contribution >= 0.6 is 11.8 Å². The first-order valence-corrected chi connectivity index (χ1v) is 11.6. The number of carbonyl (C=O) groups is 3. The molecule has 1 aromatic heterocycles. The van der Waals surface area contributed by atoms with Gasteiger partial charge in [-0.15, -0.1) is 0 Å². The zero-order valence-electron chi connectivity index (χ0n) is 18.7. The van der Waals surface area contributed by atoms with Gasteiger partial charge in [-0.3, -0.25) is 10.1 Å². The van der Waals surface area contributed by atoms with Crippen LogP contribution in [0.5, 0.6) is 0 Å². The molecule has 33 heavy (non-hydrogen) atoms. The van der Waals surface area contributed by atoms with Crippen LogP contribution in [-0.4, -0.2) is 53.1 Å². The number of hydrogen-bond donors (Lipinski definition) is 1. The average Bonchev–Trinajstić information content (AvgIpc) is 2.97. The molecule has 0 atom stereocenters. The molecular weight excluding hydrogens is 436 g/mol. The molecule has 2 aliphatic heterocycles. The molecular formula is C25H26N4O3S. The van der Waals surface area contributed by atoms with Crippen molar-refractivity contribution in [2.45, 2.75) is 31.2 Å². The third kappa shape index (κ3) is 5.34. The van der Waals surface area contributed by atoms with E-state index in [1.54, 1.807) is 35.0 Å². The number of aldehydes is 1. The van der Waals surface area contributed by atoms with E-state index in [1.807, 2.05) is 13.1 Å². The highest BCUT2D eigenvalue weighted by atomic mass is 32.2. The van der Waals surface area contributed by atoms with Crippen LogP contribution in [0.15, 0.2) is 58.0 Å². The zero-order chi connectivity index (χ0) is 23.4. The molecule has 0 saturated heterocycles. The number of fused-ring (bicyclic) bond motifs is 2. The highest BCUT2D eigenvalue weighted by molar-refractivity contribution is 8.03. The molecule has 0 spiro atoms. The number of aromatic nitrogens is 1. The SMILES string of the molecule is CC1=C(CN(C)C(=O)/C=C/c2cnc3c(c2)CN(CC=O)C(=O)N3)Sc2ccccc2CC1. The molecule has 0 radical (unpaired) electrons. The molecule has 3 heterocycles. The first-order chi connectivity index (χ1) is 15.9. The van der Waals surface area contributed by atoms with Crippen molar-refractivity contribution in [3.63, 3.8) is 0 Å². The van der Waals surface area contributed by atoms with Gasteiger partial charge in [0.25, 0.3) is 0 Å². The average molecular weight is 463 g/mol. The number of likely N-dealkylation sites (N-methyl/N-ethyl adjacent to an activating group) is 1. The van der Waals surface area contributed by atoms with Gasteiger partial charge in [0.1, 0.15) is 12.1 Å². The molecule has 0 bridgehead atoms. The Morgan fingerprint density at radius 2 is 2.09 bits per heavy atom. The minimum Gasteiger partial charge on any atom is -0.337 e. The zero-order valence-corrected chi connectivity index (χ0v) is 19.5. The Labute approximate surface area is 197 Å². The van der Waals surface area contributed by atoms with Crippen LogP contribution in [0.1, 0.15) is 30.0 Å². The lowest BCUT2D eigenvalue weighted by molar-refractivity contribution is -0.124. The molecule has 8 heteroatoms. The first kappa shape index (κ1) is 22.8. The quantitative estimate of drug-likeness (QED) is 0.516. The van der Waals surface area contributed by atoms with Crippen molar-refractivity contribution in [3.8, 4) is 0 Å². The van der Waals surface area contributed by atoms with Gasteiger partial charge in [0.2, 0.25) is 5.91 Å². The van der Waals surface area contributed by atoms with Gasteiger partial charge in [-0.05, 0) is 49.1 Å². The second-order valence-electron chi connectivity index (χ2n) is 8.19. The van der Waals surface area contributed by atoms with E-state index in [0.717, 1.165) is 24.0 Å². The highest BCUT2D eigenvalue weighted by Gasteiger charge is 2.23. The lowest BCUT2D eigenvalue weighted by Crippen LogP contribution is -2.40. The molecule has 0 aliphatic carbocycles. The van der Waals surface area contributed by atoms with Crippen molar-refractivity contribution >= 4 is 41.9 Å². The van der Waals surface area contributed by atoms with E-state index in [2.05, 4.69) is 41.5 Å². The number of nitrogens with one attached hydrogen (secondary N) is 1. The summed E-state index contributed by atoms with van der Waals surface area (Å²) < 4.78 is 0. The van der Waals surface area contributed by atoms with Crippen LogP contribution in [0.3, 0.4) is 0 Å². The number of thioether (sulfide) groups is 1. The number of rotatable bonds is 6. The maximum absolute atomic E-state index is 12.8. The van der Waals surface area contributed by atoms with Gasteiger partial charge in [-0.2, -0.15) is 0 Å². The number of urea groups is 1. The largest absolute Gasteiger partial charge is 0.337 e. The predicted molar refractivity (Wildman–Crippen MR) is 130 cm³/mol. The van der Waals surface area contributed by atoms with Gasteiger partial charge < -0.3 is 14.6 Å². The summed E-state index contributed by atoms with van der Waals surface area (Å²) in [6.07, 6.45) is 7.59. The Kier molecular flexibility index (Phi) is 6.93.